The molecule has 0 aliphatic carbocycles. The Balaban J connectivity index is 1.56. The van der Waals surface area contributed by atoms with E-state index in [1.165, 1.54) is 18.5 Å². The molecule has 6 heteroatoms. The summed E-state index contributed by atoms with van der Waals surface area (Å²) in [5, 5.41) is 4.12. The van der Waals surface area contributed by atoms with E-state index in [9.17, 15) is 4.79 Å². The van der Waals surface area contributed by atoms with Crippen molar-refractivity contribution < 1.29 is 4.79 Å². The van der Waals surface area contributed by atoms with E-state index in [0.29, 0.717) is 16.6 Å². The Morgan fingerprint density at radius 1 is 1.15 bits per heavy atom. The number of hydrogen-bond donors (Lipinski definition) is 1. The molecule has 27 heavy (non-hydrogen) atoms. The minimum absolute atomic E-state index is 0.142. The third-order valence-corrected chi connectivity index (χ3v) is 5.73. The predicted molar refractivity (Wildman–Crippen MR) is 113 cm³/mol. The van der Waals surface area contributed by atoms with E-state index in [-0.39, 0.29) is 12.1 Å². The Morgan fingerprint density at radius 2 is 1.81 bits per heavy atom. The van der Waals surface area contributed by atoms with Gasteiger partial charge in [0.2, 0.25) is 0 Å². The van der Waals surface area contributed by atoms with Crippen molar-refractivity contribution in [2.75, 3.05) is 25.0 Å². The Hall–Kier alpha value is -1.91. The van der Waals surface area contributed by atoms with Gasteiger partial charge in [-0.3, -0.25) is 0 Å². The van der Waals surface area contributed by atoms with E-state index in [1.54, 1.807) is 24.1 Å². The molecule has 1 heterocycles. The zero-order chi connectivity index (χ0) is 19.4. The Bertz CT molecular complexity index is 789. The van der Waals surface area contributed by atoms with Gasteiger partial charge < -0.3 is 15.1 Å². The summed E-state index contributed by atoms with van der Waals surface area (Å²) in [6.45, 7) is 4.70. The molecule has 0 aromatic heterocycles. The van der Waals surface area contributed by atoms with Gasteiger partial charge in [0.05, 0.1) is 6.04 Å². The molecule has 1 saturated heterocycles. The second-order valence-corrected chi connectivity index (χ2v) is 7.82. The van der Waals surface area contributed by atoms with Crippen molar-refractivity contribution in [1.29, 1.82) is 0 Å². The molecule has 1 unspecified atom stereocenters. The zero-order valence-corrected chi connectivity index (χ0v) is 17.2. The van der Waals surface area contributed by atoms with Gasteiger partial charge in [0, 0.05) is 42.4 Å². The number of nitrogens with zero attached hydrogens (tertiary/aromatic N) is 2. The van der Waals surface area contributed by atoms with Crippen LogP contribution in [0.2, 0.25) is 10.0 Å². The molecule has 1 aliphatic rings. The molecule has 4 nitrogen and oxygen atoms in total. The molecule has 2 amide bonds. The van der Waals surface area contributed by atoms with Crippen LogP contribution in [0.15, 0.2) is 42.5 Å². The average molecular weight is 406 g/mol. The van der Waals surface area contributed by atoms with Crippen LogP contribution in [0.3, 0.4) is 0 Å². The lowest BCUT2D eigenvalue weighted by Crippen LogP contribution is -2.38. The highest BCUT2D eigenvalue weighted by atomic mass is 35.5. The van der Waals surface area contributed by atoms with Crippen LogP contribution in [0.1, 0.15) is 36.9 Å². The van der Waals surface area contributed by atoms with Crippen LogP contribution in [0.5, 0.6) is 0 Å². The molecular formula is C21H25Cl2N3O. The number of rotatable bonds is 5. The van der Waals surface area contributed by atoms with Crippen LogP contribution >= 0.6 is 23.2 Å². The van der Waals surface area contributed by atoms with Crippen molar-refractivity contribution >= 4 is 34.9 Å². The summed E-state index contributed by atoms with van der Waals surface area (Å²) in [6, 6.07) is 13.5. The number of nitrogens with one attached hydrogen (secondary N) is 1. The first kappa shape index (κ1) is 19.8. The van der Waals surface area contributed by atoms with Crippen LogP contribution in [-0.4, -0.2) is 31.1 Å². The van der Waals surface area contributed by atoms with Gasteiger partial charge in [-0.2, -0.15) is 0 Å². The topological polar surface area (TPSA) is 35.6 Å². The summed E-state index contributed by atoms with van der Waals surface area (Å²) in [5.41, 5.74) is 3.20. The number of hydrogen-bond acceptors (Lipinski definition) is 2. The summed E-state index contributed by atoms with van der Waals surface area (Å²) >= 11 is 12.2. The molecule has 1 N–H and O–H groups in total. The minimum atomic E-state index is -0.160. The van der Waals surface area contributed by atoms with Crippen molar-refractivity contribution in [2.45, 2.75) is 32.4 Å². The van der Waals surface area contributed by atoms with Gasteiger partial charge in [0.25, 0.3) is 0 Å². The van der Waals surface area contributed by atoms with Crippen LogP contribution in [-0.2, 0) is 6.54 Å². The van der Waals surface area contributed by atoms with Crippen molar-refractivity contribution in [2.24, 2.45) is 0 Å². The van der Waals surface area contributed by atoms with Gasteiger partial charge >= 0.3 is 6.03 Å². The quantitative estimate of drug-likeness (QED) is 0.712. The van der Waals surface area contributed by atoms with Gasteiger partial charge in [-0.1, -0.05) is 41.4 Å². The summed E-state index contributed by atoms with van der Waals surface area (Å²) < 4.78 is 0. The molecular weight excluding hydrogens is 381 g/mol. The maximum absolute atomic E-state index is 12.5. The largest absolute Gasteiger partial charge is 0.372 e. The lowest BCUT2D eigenvalue weighted by atomic mass is 10.1. The molecule has 144 valence electrons. The minimum Gasteiger partial charge on any atom is -0.372 e. The first-order valence-corrected chi connectivity index (χ1v) is 10.0. The number of carbonyl (C=O) groups is 1. The third kappa shape index (κ3) is 4.88. The number of benzene rings is 2. The summed E-state index contributed by atoms with van der Waals surface area (Å²) in [4.78, 5) is 16.6. The maximum atomic E-state index is 12.5. The summed E-state index contributed by atoms with van der Waals surface area (Å²) in [7, 11) is 1.77. The summed E-state index contributed by atoms with van der Waals surface area (Å²) in [6.07, 6.45) is 2.53. The highest BCUT2D eigenvalue weighted by molar-refractivity contribution is 6.35. The molecule has 0 radical (unpaired) electrons. The molecule has 3 rings (SSSR count). The third-order valence-electron chi connectivity index (χ3n) is 5.17. The lowest BCUT2D eigenvalue weighted by molar-refractivity contribution is 0.194. The molecule has 0 bridgehead atoms. The maximum Gasteiger partial charge on any atom is 0.317 e. The Kier molecular flexibility index (Phi) is 6.51. The van der Waals surface area contributed by atoms with Gasteiger partial charge in [-0.25, -0.2) is 4.79 Å². The van der Waals surface area contributed by atoms with Gasteiger partial charge in [-0.15, -0.1) is 0 Å². The normalized spacial score (nSPS) is 14.9. The molecule has 0 saturated carbocycles. The molecule has 1 aliphatic heterocycles. The number of carbonyl (C=O) groups excluding carboxylic acids is 1. The SMILES string of the molecule is CC(c1ccc(Cl)cc1Cl)N(C)C(=O)NCc1ccc(N2CCCC2)cc1. The standard InChI is InChI=1S/C21H25Cl2N3O/c1-15(19-10-7-17(22)13-20(19)23)25(2)21(27)24-14-16-5-8-18(9-6-16)26-11-3-4-12-26/h5-10,13,15H,3-4,11-12,14H2,1-2H3,(H,24,27). The van der Waals surface area contributed by atoms with Crippen molar-refractivity contribution in [1.82, 2.24) is 10.2 Å². The fraction of sp³-hybridized carbons (Fsp3) is 0.381. The molecule has 0 spiro atoms. The smallest absolute Gasteiger partial charge is 0.317 e. The highest BCUT2D eigenvalue weighted by Gasteiger charge is 2.19. The summed E-state index contributed by atoms with van der Waals surface area (Å²) in [5.74, 6) is 0. The molecule has 1 atom stereocenters. The van der Waals surface area contributed by atoms with E-state index in [0.717, 1.165) is 24.2 Å². The first-order chi connectivity index (χ1) is 13.0. The second kappa shape index (κ2) is 8.85. The predicted octanol–water partition coefficient (Wildman–Crippen LogP) is 5.50. The number of halogens is 2. The monoisotopic (exact) mass is 405 g/mol. The van der Waals surface area contributed by atoms with Gasteiger partial charge in [0.1, 0.15) is 0 Å². The van der Waals surface area contributed by atoms with Gasteiger partial charge in [0.15, 0.2) is 0 Å². The Morgan fingerprint density at radius 3 is 2.44 bits per heavy atom. The highest BCUT2D eigenvalue weighted by Crippen LogP contribution is 2.29. The van der Waals surface area contributed by atoms with E-state index in [4.69, 9.17) is 23.2 Å². The fourth-order valence-corrected chi connectivity index (χ4v) is 3.89. The number of anilines is 1. The first-order valence-electron chi connectivity index (χ1n) is 9.25. The van der Waals surface area contributed by atoms with E-state index >= 15 is 0 Å². The van der Waals surface area contributed by atoms with Crippen LogP contribution < -0.4 is 10.2 Å². The lowest BCUT2D eigenvalue weighted by Gasteiger charge is -2.26. The molecule has 1 fully saturated rings. The average Bonchev–Trinajstić information content (AvgIpc) is 3.20. The fourth-order valence-electron chi connectivity index (χ4n) is 3.33. The van der Waals surface area contributed by atoms with Crippen LogP contribution in [0.25, 0.3) is 0 Å². The number of amides is 2. The van der Waals surface area contributed by atoms with Crippen LogP contribution in [0, 0.1) is 0 Å². The van der Waals surface area contributed by atoms with Crippen molar-refractivity contribution in [3.63, 3.8) is 0 Å². The van der Waals surface area contributed by atoms with E-state index in [2.05, 4.69) is 34.5 Å². The second-order valence-electron chi connectivity index (χ2n) is 6.97. The van der Waals surface area contributed by atoms with Crippen LogP contribution in [0.4, 0.5) is 10.5 Å². The Labute approximate surface area is 171 Å². The zero-order valence-electron chi connectivity index (χ0n) is 15.7. The van der Waals surface area contributed by atoms with Gasteiger partial charge in [-0.05, 0) is 55.2 Å². The van der Waals surface area contributed by atoms with E-state index in [1.807, 2.05) is 13.0 Å². The van der Waals surface area contributed by atoms with Crippen molar-refractivity contribution in [3.8, 4) is 0 Å². The molecule has 2 aromatic carbocycles. The van der Waals surface area contributed by atoms with E-state index < -0.39 is 0 Å². The number of urea groups is 1. The molecule has 2 aromatic rings. The van der Waals surface area contributed by atoms with Crippen molar-refractivity contribution in [3.05, 3.63) is 63.6 Å².